The lowest BCUT2D eigenvalue weighted by Crippen LogP contribution is -1.58. The van der Waals surface area contributed by atoms with Crippen LogP contribution >= 0.6 is 0 Å². The van der Waals surface area contributed by atoms with Gasteiger partial charge in [-0.25, -0.2) is 0 Å². The molecule has 0 spiro atoms. The van der Waals surface area contributed by atoms with Gasteiger partial charge in [-0.2, -0.15) is 6.01 Å². The molecule has 0 aliphatic rings. The van der Waals surface area contributed by atoms with E-state index in [1.165, 1.54) is 0 Å². The predicted octanol–water partition coefficient (Wildman–Crippen LogP) is 0.564. The van der Waals surface area contributed by atoms with Gasteiger partial charge in [-0.1, -0.05) is 0 Å². The molecule has 2 nitrogen and oxygen atoms in total. The highest BCUT2D eigenvalue weighted by Crippen LogP contribution is 1.52. The highest BCUT2D eigenvalue weighted by molar-refractivity contribution is 5.44. The van der Waals surface area contributed by atoms with E-state index in [1.54, 1.807) is 6.01 Å². The standard InChI is InChI=1S/C3H4N2/c1-2-5-3-4/h1-2H2. The fraction of sp³-hybridized carbons (Fsp3) is 0.333. The quantitative estimate of drug-likeness (QED) is 0.318. The molecule has 0 aliphatic carbocycles. The normalized spacial score (nSPS) is 5.60. The van der Waals surface area contributed by atoms with Crippen molar-refractivity contribution in [1.29, 1.82) is 0 Å². The summed E-state index contributed by atoms with van der Waals surface area (Å²) >= 11 is 0. The van der Waals surface area contributed by atoms with Crippen molar-refractivity contribution in [2.24, 2.45) is 4.99 Å². The summed E-state index contributed by atoms with van der Waals surface area (Å²) in [6.07, 6.45) is 0. The first-order valence-corrected chi connectivity index (χ1v) is 1.26. The summed E-state index contributed by atoms with van der Waals surface area (Å²) < 4.78 is 0. The van der Waals surface area contributed by atoms with Crippen LogP contribution in [-0.4, -0.2) is 12.6 Å². The zero-order valence-electron chi connectivity index (χ0n) is 2.81. The van der Waals surface area contributed by atoms with Crippen LogP contribution in [0.15, 0.2) is 4.99 Å². The topological polar surface area (TPSA) is 34.7 Å². The van der Waals surface area contributed by atoms with Crippen molar-refractivity contribution in [3.63, 3.8) is 0 Å². The van der Waals surface area contributed by atoms with Crippen LogP contribution in [0.3, 0.4) is 0 Å². The van der Waals surface area contributed by atoms with E-state index >= 15 is 0 Å². The molecule has 0 radical (unpaired) electrons. The van der Waals surface area contributed by atoms with Gasteiger partial charge in [-0.05, 0) is 0 Å². The van der Waals surface area contributed by atoms with Crippen LogP contribution in [0.1, 0.15) is 0 Å². The Labute approximate surface area is 31.0 Å². The summed E-state index contributed by atoms with van der Waals surface area (Å²) in [5, 5.41) is 7.61. The van der Waals surface area contributed by atoms with E-state index in [0.717, 1.165) is 0 Å². The molecule has 0 unspecified atom stereocenters. The molecule has 0 rings (SSSR count). The van der Waals surface area contributed by atoms with Gasteiger partial charge in [-0.3, -0.25) is 0 Å². The van der Waals surface area contributed by atoms with Crippen molar-refractivity contribution in [1.82, 2.24) is 0 Å². The van der Waals surface area contributed by atoms with Crippen LogP contribution < -0.4 is 0 Å². The van der Waals surface area contributed by atoms with Crippen LogP contribution in [0.5, 0.6) is 0 Å². The number of nitrogens with zero attached hydrogens (tertiary/aromatic N) is 2. The minimum Gasteiger partial charge on any atom is -0.422 e. The van der Waals surface area contributed by atoms with Crippen molar-refractivity contribution >= 4 is 6.01 Å². The lowest BCUT2D eigenvalue weighted by molar-refractivity contribution is 1.27. The summed E-state index contributed by atoms with van der Waals surface area (Å²) in [5.41, 5.74) is 0. The zero-order chi connectivity index (χ0) is 4.12. The Kier molecular flexibility index (Phi) is 2.76. The second-order valence-electron chi connectivity index (χ2n) is 0.482. The highest BCUT2D eigenvalue weighted by Gasteiger charge is 1.48. The van der Waals surface area contributed by atoms with Crippen molar-refractivity contribution in [2.45, 2.75) is 0 Å². The third-order valence-electron chi connectivity index (χ3n) is 0.183. The molecule has 0 amide bonds. The van der Waals surface area contributed by atoms with Gasteiger partial charge in [0.05, 0.1) is 6.92 Å². The molecule has 5 heavy (non-hydrogen) atoms. The maximum Gasteiger partial charge on any atom is 0.100 e. The van der Waals surface area contributed by atoms with Gasteiger partial charge in [0.15, 0.2) is 0 Å². The average Bonchev–Trinajstić information content (AvgIpc) is 1.41. The largest absolute Gasteiger partial charge is 0.422 e. The van der Waals surface area contributed by atoms with Gasteiger partial charge in [0, 0.05) is 0 Å². The first kappa shape index (κ1) is 4.25. The van der Waals surface area contributed by atoms with Gasteiger partial charge in [0.2, 0.25) is 0 Å². The Balaban J connectivity index is 2.93. The second-order valence-corrected chi connectivity index (χ2v) is 0.482. The molecule has 0 aromatic heterocycles. The molecule has 0 heterocycles. The van der Waals surface area contributed by atoms with Gasteiger partial charge in [0.25, 0.3) is 0 Å². The average molecular weight is 68.1 g/mol. The summed E-state index contributed by atoms with van der Waals surface area (Å²) in [6, 6.07) is 1.58. The van der Waals surface area contributed by atoms with Gasteiger partial charge in [0.1, 0.15) is 6.54 Å². The van der Waals surface area contributed by atoms with E-state index in [1.807, 2.05) is 0 Å². The number of rotatable bonds is 1. The third kappa shape index (κ3) is 3.25. The van der Waals surface area contributed by atoms with Gasteiger partial charge >= 0.3 is 0 Å². The lowest BCUT2D eigenvalue weighted by Gasteiger charge is -1.67. The second kappa shape index (κ2) is 3.25. The zero-order valence-corrected chi connectivity index (χ0v) is 2.81. The first-order chi connectivity index (χ1) is 2.41. The first-order valence-electron chi connectivity index (χ1n) is 1.26. The van der Waals surface area contributed by atoms with Gasteiger partial charge in [-0.15, -0.1) is 0 Å². The molecule has 2 heteroatoms. The predicted molar refractivity (Wildman–Crippen MR) is 21.0 cm³/mol. The molecule has 0 bridgehead atoms. The highest BCUT2D eigenvalue weighted by atomic mass is 14.7. The van der Waals surface area contributed by atoms with E-state index in [4.69, 9.17) is 5.41 Å². The fourth-order valence-corrected chi connectivity index (χ4v) is 0.0500. The molecule has 0 atom stereocenters. The van der Waals surface area contributed by atoms with E-state index in [0.29, 0.717) is 6.54 Å². The number of hydrogen-bond acceptors (Lipinski definition) is 1. The Hall–Kier alpha value is -0.750. The minimum absolute atomic E-state index is 0.358. The van der Waals surface area contributed by atoms with Crippen LogP contribution in [0, 0.1) is 6.92 Å². The van der Waals surface area contributed by atoms with Crippen molar-refractivity contribution in [3.8, 4) is 0 Å². The maximum atomic E-state index is 7.61. The summed E-state index contributed by atoms with van der Waals surface area (Å²) in [5.74, 6) is 0. The molecular formula is C3H4N2. The molecular weight excluding hydrogens is 64.0 g/mol. The Morgan fingerprint density at radius 3 is 2.60 bits per heavy atom. The van der Waals surface area contributed by atoms with E-state index in [9.17, 15) is 0 Å². The van der Waals surface area contributed by atoms with Gasteiger partial charge < -0.3 is 10.4 Å². The van der Waals surface area contributed by atoms with E-state index in [-0.39, 0.29) is 0 Å². The monoisotopic (exact) mass is 68.0 g/mol. The Morgan fingerprint density at radius 1 is 2.00 bits per heavy atom. The van der Waals surface area contributed by atoms with Crippen molar-refractivity contribution in [3.05, 3.63) is 12.3 Å². The maximum absolute atomic E-state index is 7.61. The lowest BCUT2D eigenvalue weighted by atomic mass is 10.8. The summed E-state index contributed by atoms with van der Waals surface area (Å²) in [6.45, 7) is 3.64. The van der Waals surface area contributed by atoms with Crippen molar-refractivity contribution < 1.29 is 0 Å². The third-order valence-corrected chi connectivity index (χ3v) is 0.183. The molecule has 0 N–H and O–H groups in total. The molecule has 0 aliphatic heterocycles. The van der Waals surface area contributed by atoms with E-state index < -0.39 is 0 Å². The minimum atomic E-state index is 0.358. The van der Waals surface area contributed by atoms with Crippen molar-refractivity contribution in [2.75, 3.05) is 6.54 Å². The molecule has 26 valence electrons. The SMILES string of the molecule is [CH2+]CN=C=[N-]. The van der Waals surface area contributed by atoms with Crippen LogP contribution in [0.25, 0.3) is 5.41 Å². The molecule has 0 saturated heterocycles. The molecule has 0 aromatic rings. The Morgan fingerprint density at radius 2 is 2.60 bits per heavy atom. The molecule has 0 saturated carbocycles. The molecule has 0 fully saturated rings. The Bertz CT molecular complexity index is 51.9. The smallest absolute Gasteiger partial charge is 0.100 e. The fourth-order valence-electron chi connectivity index (χ4n) is 0.0500. The summed E-state index contributed by atoms with van der Waals surface area (Å²) in [7, 11) is 0. The number of hydrogen-bond donors (Lipinski definition) is 0. The number of aliphatic imine (C=N–C) groups is 1. The van der Waals surface area contributed by atoms with Crippen LogP contribution in [0.2, 0.25) is 0 Å². The summed E-state index contributed by atoms with van der Waals surface area (Å²) in [4.78, 5) is 3.17. The molecule has 0 aromatic carbocycles. The van der Waals surface area contributed by atoms with E-state index in [2.05, 4.69) is 11.9 Å². The van der Waals surface area contributed by atoms with Crippen LogP contribution in [0.4, 0.5) is 0 Å². The van der Waals surface area contributed by atoms with Crippen LogP contribution in [-0.2, 0) is 0 Å².